The van der Waals surface area contributed by atoms with E-state index in [-0.39, 0.29) is 24.1 Å². The lowest BCUT2D eigenvalue weighted by molar-refractivity contribution is -0.146. The molecule has 0 bridgehead atoms. The van der Waals surface area contributed by atoms with Gasteiger partial charge in [-0.05, 0) is 24.1 Å². The Hall–Kier alpha value is -2.73. The highest BCUT2D eigenvalue weighted by Gasteiger charge is 2.19. The molecule has 1 aromatic heterocycles. The van der Waals surface area contributed by atoms with Crippen LogP contribution in [0.25, 0.3) is 6.08 Å². The van der Waals surface area contributed by atoms with E-state index >= 15 is 0 Å². The standard InChI is InChI=1S/C23H25NO4S/c1-16-24-20(15-29-16)11-12-23(26)28-22-10-6-5-9-21(27-17(2)25)13-18-7-3-4-8-19(18)14-22/h3-8,11-12,15,21-22H,9-10,13-14H2,1-2H3/b6-5-,12-11+. The van der Waals surface area contributed by atoms with E-state index in [2.05, 4.69) is 4.98 Å². The summed E-state index contributed by atoms with van der Waals surface area (Å²) in [5.74, 6) is -0.645. The number of carbonyl (C=O) groups excluding carboxylic acids is 2. The van der Waals surface area contributed by atoms with E-state index in [9.17, 15) is 9.59 Å². The largest absolute Gasteiger partial charge is 0.462 e. The number of aromatic nitrogens is 1. The van der Waals surface area contributed by atoms with Crippen LogP contribution in [0.3, 0.4) is 0 Å². The van der Waals surface area contributed by atoms with Crippen molar-refractivity contribution in [3.05, 3.63) is 69.7 Å². The summed E-state index contributed by atoms with van der Waals surface area (Å²) in [7, 11) is 0. The maximum Gasteiger partial charge on any atom is 0.331 e. The van der Waals surface area contributed by atoms with Crippen LogP contribution in [0.5, 0.6) is 0 Å². The number of carbonyl (C=O) groups is 2. The molecule has 1 aliphatic rings. The van der Waals surface area contributed by atoms with Crippen molar-refractivity contribution in [2.24, 2.45) is 0 Å². The zero-order chi connectivity index (χ0) is 20.6. The van der Waals surface area contributed by atoms with E-state index < -0.39 is 0 Å². The molecule has 2 aromatic rings. The van der Waals surface area contributed by atoms with Gasteiger partial charge < -0.3 is 9.47 Å². The lowest BCUT2D eigenvalue weighted by Gasteiger charge is -2.22. The van der Waals surface area contributed by atoms with Gasteiger partial charge in [-0.15, -0.1) is 11.3 Å². The topological polar surface area (TPSA) is 65.5 Å². The number of nitrogens with zero attached hydrogens (tertiary/aromatic N) is 1. The number of fused-ring (bicyclic) bond motifs is 1. The number of esters is 2. The van der Waals surface area contributed by atoms with Crippen molar-refractivity contribution in [1.82, 2.24) is 4.98 Å². The third kappa shape index (κ3) is 6.68. The molecule has 3 rings (SSSR count). The first-order chi connectivity index (χ1) is 14.0. The number of hydrogen-bond donors (Lipinski definition) is 0. The highest BCUT2D eigenvalue weighted by molar-refractivity contribution is 7.09. The first kappa shape index (κ1) is 21.0. The molecule has 0 saturated carbocycles. The van der Waals surface area contributed by atoms with E-state index in [0.717, 1.165) is 21.8 Å². The molecule has 152 valence electrons. The average molecular weight is 412 g/mol. The fourth-order valence-corrected chi connectivity index (χ4v) is 3.92. The van der Waals surface area contributed by atoms with Crippen LogP contribution in [-0.4, -0.2) is 29.1 Å². The molecule has 0 saturated heterocycles. The molecule has 0 fully saturated rings. The highest BCUT2D eigenvalue weighted by atomic mass is 32.1. The third-order valence-electron chi connectivity index (χ3n) is 4.62. The summed E-state index contributed by atoms with van der Waals surface area (Å²) >= 11 is 1.54. The summed E-state index contributed by atoms with van der Waals surface area (Å²) in [6, 6.07) is 8.04. The molecule has 0 spiro atoms. The van der Waals surface area contributed by atoms with Crippen molar-refractivity contribution in [2.75, 3.05) is 0 Å². The smallest absolute Gasteiger partial charge is 0.331 e. The molecule has 0 amide bonds. The summed E-state index contributed by atoms with van der Waals surface area (Å²) in [6.07, 6.45) is 9.16. The van der Waals surface area contributed by atoms with E-state index in [0.29, 0.717) is 25.7 Å². The van der Waals surface area contributed by atoms with E-state index in [1.54, 1.807) is 17.4 Å². The predicted molar refractivity (Wildman–Crippen MR) is 114 cm³/mol. The Bertz CT molecular complexity index is 915. The second-order valence-electron chi connectivity index (χ2n) is 7.03. The van der Waals surface area contributed by atoms with Crippen LogP contribution < -0.4 is 0 Å². The van der Waals surface area contributed by atoms with Gasteiger partial charge in [0.2, 0.25) is 0 Å². The minimum atomic E-state index is -0.374. The molecule has 1 heterocycles. The maximum absolute atomic E-state index is 12.3. The first-order valence-corrected chi connectivity index (χ1v) is 10.6. The van der Waals surface area contributed by atoms with Crippen LogP contribution in [0, 0.1) is 6.92 Å². The summed E-state index contributed by atoms with van der Waals surface area (Å²) in [5.41, 5.74) is 2.98. The van der Waals surface area contributed by atoms with Gasteiger partial charge in [0.1, 0.15) is 12.2 Å². The van der Waals surface area contributed by atoms with Gasteiger partial charge in [-0.3, -0.25) is 4.79 Å². The minimum Gasteiger partial charge on any atom is -0.462 e. The van der Waals surface area contributed by atoms with Crippen molar-refractivity contribution in [3.8, 4) is 0 Å². The maximum atomic E-state index is 12.3. The zero-order valence-electron chi connectivity index (χ0n) is 16.7. The monoisotopic (exact) mass is 411 g/mol. The lowest BCUT2D eigenvalue weighted by Crippen LogP contribution is -2.23. The van der Waals surface area contributed by atoms with Crippen LogP contribution in [0.15, 0.2) is 47.9 Å². The Morgan fingerprint density at radius 3 is 2.24 bits per heavy atom. The lowest BCUT2D eigenvalue weighted by atomic mass is 9.94. The molecule has 5 nitrogen and oxygen atoms in total. The number of benzene rings is 1. The Morgan fingerprint density at radius 2 is 1.69 bits per heavy atom. The van der Waals surface area contributed by atoms with E-state index in [1.165, 1.54) is 13.0 Å². The van der Waals surface area contributed by atoms with Crippen LogP contribution in [0.1, 0.15) is 41.6 Å². The first-order valence-electron chi connectivity index (χ1n) is 9.69. The number of aryl methyl sites for hydroxylation is 1. The van der Waals surface area contributed by atoms with Crippen molar-refractivity contribution in [2.45, 2.75) is 51.7 Å². The SMILES string of the molecule is CC(=O)OC1C/C=C\CC(OC(=O)/C=C/c2csc(C)n2)Cc2ccccc2C1. The van der Waals surface area contributed by atoms with Gasteiger partial charge in [0.25, 0.3) is 0 Å². The summed E-state index contributed by atoms with van der Waals surface area (Å²) < 4.78 is 11.2. The summed E-state index contributed by atoms with van der Waals surface area (Å²) in [4.78, 5) is 28.0. The number of ether oxygens (including phenoxy) is 2. The Morgan fingerprint density at radius 1 is 1.07 bits per heavy atom. The zero-order valence-corrected chi connectivity index (χ0v) is 17.5. The van der Waals surface area contributed by atoms with Crippen molar-refractivity contribution >= 4 is 29.4 Å². The fraction of sp³-hybridized carbons (Fsp3) is 0.348. The van der Waals surface area contributed by atoms with Gasteiger partial charge >= 0.3 is 11.9 Å². The molecule has 0 aliphatic heterocycles. The van der Waals surface area contributed by atoms with Crippen LogP contribution in [0.4, 0.5) is 0 Å². The van der Waals surface area contributed by atoms with Gasteiger partial charge in [-0.25, -0.2) is 9.78 Å². The molecule has 1 aliphatic carbocycles. The third-order valence-corrected chi connectivity index (χ3v) is 5.41. The minimum absolute atomic E-state index is 0.187. The second kappa shape index (κ2) is 10.2. The number of thiazole rings is 1. The number of rotatable bonds is 4. The molecular formula is C23H25NO4S. The van der Waals surface area contributed by atoms with Crippen molar-refractivity contribution in [1.29, 1.82) is 0 Å². The van der Waals surface area contributed by atoms with Gasteiger partial charge in [-0.2, -0.15) is 0 Å². The van der Waals surface area contributed by atoms with Gasteiger partial charge in [0.05, 0.1) is 10.7 Å². The fourth-order valence-electron chi connectivity index (χ4n) is 3.34. The molecule has 6 heteroatoms. The van der Waals surface area contributed by atoms with Crippen LogP contribution >= 0.6 is 11.3 Å². The van der Waals surface area contributed by atoms with Crippen LogP contribution in [0.2, 0.25) is 0 Å². The quantitative estimate of drug-likeness (QED) is 0.423. The van der Waals surface area contributed by atoms with Crippen molar-refractivity contribution in [3.63, 3.8) is 0 Å². The highest BCUT2D eigenvalue weighted by Crippen LogP contribution is 2.21. The molecule has 2 atom stereocenters. The van der Waals surface area contributed by atoms with Gasteiger partial charge in [-0.1, -0.05) is 36.4 Å². The Balaban J connectivity index is 1.71. The average Bonchev–Trinajstić information content (AvgIpc) is 3.09. The normalized spacial score (nSPS) is 20.6. The molecule has 0 radical (unpaired) electrons. The molecule has 29 heavy (non-hydrogen) atoms. The molecule has 1 aromatic carbocycles. The second-order valence-corrected chi connectivity index (χ2v) is 8.10. The van der Waals surface area contributed by atoms with Gasteiger partial charge in [0.15, 0.2) is 0 Å². The van der Waals surface area contributed by atoms with E-state index in [4.69, 9.17) is 9.47 Å². The molecular weight excluding hydrogens is 386 g/mol. The Labute approximate surface area is 175 Å². The van der Waals surface area contributed by atoms with Crippen LogP contribution in [-0.2, 0) is 31.9 Å². The van der Waals surface area contributed by atoms with E-state index in [1.807, 2.05) is 48.7 Å². The van der Waals surface area contributed by atoms with Crippen molar-refractivity contribution < 1.29 is 19.1 Å². The summed E-state index contributed by atoms with van der Waals surface area (Å²) in [5, 5.41) is 2.86. The summed E-state index contributed by atoms with van der Waals surface area (Å²) in [6.45, 7) is 3.36. The number of hydrogen-bond acceptors (Lipinski definition) is 6. The Kier molecular flexibility index (Phi) is 7.36. The molecule has 0 N–H and O–H groups in total. The van der Waals surface area contributed by atoms with Gasteiger partial charge in [0, 0.05) is 44.1 Å². The predicted octanol–water partition coefficient (Wildman–Crippen LogP) is 4.44. The molecule has 2 unspecified atom stereocenters.